The first-order valence-electron chi connectivity index (χ1n) is 5.01. The molecule has 1 aromatic rings. The first kappa shape index (κ1) is 10.3. The summed E-state index contributed by atoms with van der Waals surface area (Å²) in [4.78, 5) is 0. The number of nitriles is 1. The minimum Gasteiger partial charge on any atom is -0.192 e. The molecule has 0 N–H and O–H groups in total. The van der Waals surface area contributed by atoms with Crippen LogP contribution >= 0.6 is 11.8 Å². The van der Waals surface area contributed by atoms with Crippen molar-refractivity contribution in [2.24, 2.45) is 0 Å². The van der Waals surface area contributed by atoms with Crippen LogP contribution in [0.3, 0.4) is 0 Å². The molecule has 0 saturated carbocycles. The Hall–Kier alpha value is -1.20. The Labute approximate surface area is 94.8 Å². The largest absolute Gasteiger partial charge is 0.192 e. The van der Waals surface area contributed by atoms with Gasteiger partial charge in [-0.15, -0.1) is 11.8 Å². The summed E-state index contributed by atoms with van der Waals surface area (Å²) in [5, 5.41) is 11.1. The molecule has 1 nitrogen and oxygen atoms in total. The van der Waals surface area contributed by atoms with Gasteiger partial charge in [0.1, 0.15) is 0 Å². The smallest absolute Gasteiger partial charge is 0.0994 e. The Morgan fingerprint density at radius 2 is 2.20 bits per heavy atom. The highest BCUT2D eigenvalue weighted by atomic mass is 32.2. The van der Waals surface area contributed by atoms with Crippen molar-refractivity contribution in [3.8, 4) is 6.07 Å². The van der Waals surface area contributed by atoms with Crippen LogP contribution in [0.5, 0.6) is 0 Å². The van der Waals surface area contributed by atoms with E-state index in [-0.39, 0.29) is 0 Å². The van der Waals surface area contributed by atoms with E-state index < -0.39 is 0 Å². The van der Waals surface area contributed by atoms with Crippen LogP contribution in [0.4, 0.5) is 0 Å². The lowest BCUT2D eigenvalue weighted by Gasteiger charge is -2.12. The minimum atomic E-state index is 0.543. The molecule has 76 valence electrons. The van der Waals surface area contributed by atoms with Gasteiger partial charge in [0.25, 0.3) is 0 Å². The molecule has 1 heterocycles. The van der Waals surface area contributed by atoms with Crippen molar-refractivity contribution in [2.45, 2.75) is 19.8 Å². The number of rotatable bonds is 1. The number of hydrogen-bond donors (Lipinski definition) is 0. The van der Waals surface area contributed by atoms with E-state index in [0.29, 0.717) is 5.92 Å². The lowest BCUT2D eigenvalue weighted by atomic mass is 9.92. The molecule has 0 aliphatic carbocycles. The maximum absolute atomic E-state index is 8.86. The molecule has 0 bridgehead atoms. The molecule has 0 amide bonds. The molecule has 0 aromatic heterocycles. The fourth-order valence-electron chi connectivity index (χ4n) is 1.88. The molecule has 2 rings (SSSR count). The molecule has 0 spiro atoms. The molecule has 1 aliphatic rings. The molecule has 2 heteroatoms. The van der Waals surface area contributed by atoms with Gasteiger partial charge in [-0.3, -0.25) is 0 Å². The van der Waals surface area contributed by atoms with E-state index in [1.165, 1.54) is 11.1 Å². The molecular formula is C13H13NS. The van der Waals surface area contributed by atoms with Crippen molar-refractivity contribution in [3.63, 3.8) is 0 Å². The van der Waals surface area contributed by atoms with Gasteiger partial charge in [0.05, 0.1) is 11.6 Å². The maximum atomic E-state index is 8.86. The van der Waals surface area contributed by atoms with Crippen molar-refractivity contribution in [1.82, 2.24) is 0 Å². The highest BCUT2D eigenvalue weighted by molar-refractivity contribution is 8.02. The van der Waals surface area contributed by atoms with Gasteiger partial charge >= 0.3 is 0 Å². The number of thioether (sulfide) groups is 1. The predicted molar refractivity (Wildman–Crippen MR) is 64.9 cm³/mol. The third kappa shape index (κ3) is 1.93. The lowest BCUT2D eigenvalue weighted by Crippen LogP contribution is -2.00. The number of hydrogen-bond acceptors (Lipinski definition) is 2. The third-order valence-electron chi connectivity index (χ3n) is 2.86. The zero-order chi connectivity index (χ0) is 10.8. The highest BCUT2D eigenvalue weighted by Gasteiger charge is 2.18. The SMILES string of the molecule is CC1=CSCC1c1ccc(C#N)c(C)c1. The van der Waals surface area contributed by atoms with E-state index in [1.54, 1.807) is 0 Å². The Morgan fingerprint density at radius 3 is 2.73 bits per heavy atom. The summed E-state index contributed by atoms with van der Waals surface area (Å²) in [5.74, 6) is 1.68. The normalized spacial score (nSPS) is 19.8. The molecule has 0 radical (unpaired) electrons. The van der Waals surface area contributed by atoms with Crippen LogP contribution in [-0.2, 0) is 0 Å². The Bertz CT molecular complexity index is 454. The van der Waals surface area contributed by atoms with Crippen LogP contribution in [0, 0.1) is 18.3 Å². The van der Waals surface area contributed by atoms with Crippen LogP contribution in [0.15, 0.2) is 29.2 Å². The van der Waals surface area contributed by atoms with E-state index in [4.69, 9.17) is 5.26 Å². The van der Waals surface area contributed by atoms with Crippen LogP contribution in [-0.4, -0.2) is 5.75 Å². The standard InChI is InChI=1S/C13H13NS/c1-9-5-11(3-4-12(9)6-14)13-8-15-7-10(13)2/h3-5,7,13H,8H2,1-2H3. The fourth-order valence-corrected chi connectivity index (χ4v) is 3.05. The lowest BCUT2D eigenvalue weighted by molar-refractivity contribution is 0.923. The van der Waals surface area contributed by atoms with Crippen LogP contribution in [0.1, 0.15) is 29.5 Å². The van der Waals surface area contributed by atoms with Crippen molar-refractivity contribution in [1.29, 1.82) is 5.26 Å². The van der Waals surface area contributed by atoms with E-state index in [0.717, 1.165) is 16.9 Å². The summed E-state index contributed by atoms with van der Waals surface area (Å²) in [6.07, 6.45) is 0. The Balaban J connectivity index is 2.35. The first-order valence-corrected chi connectivity index (χ1v) is 6.06. The summed E-state index contributed by atoms with van der Waals surface area (Å²) >= 11 is 1.87. The highest BCUT2D eigenvalue weighted by Crippen LogP contribution is 2.36. The molecule has 0 fully saturated rings. The number of aryl methyl sites for hydroxylation is 1. The maximum Gasteiger partial charge on any atom is 0.0994 e. The summed E-state index contributed by atoms with van der Waals surface area (Å²) in [6.45, 7) is 4.18. The van der Waals surface area contributed by atoms with Gasteiger partial charge in [-0.1, -0.05) is 17.7 Å². The van der Waals surface area contributed by atoms with Gasteiger partial charge in [0, 0.05) is 11.7 Å². The second-order valence-corrected chi connectivity index (χ2v) is 4.84. The zero-order valence-corrected chi connectivity index (χ0v) is 9.77. The zero-order valence-electron chi connectivity index (χ0n) is 8.95. The summed E-state index contributed by atoms with van der Waals surface area (Å²) in [5.41, 5.74) is 4.64. The van der Waals surface area contributed by atoms with E-state index in [2.05, 4.69) is 30.5 Å². The average molecular weight is 215 g/mol. The molecule has 15 heavy (non-hydrogen) atoms. The van der Waals surface area contributed by atoms with E-state index in [1.807, 2.05) is 24.8 Å². The average Bonchev–Trinajstić information content (AvgIpc) is 2.64. The Kier molecular flexibility index (Phi) is 2.83. The topological polar surface area (TPSA) is 23.8 Å². The van der Waals surface area contributed by atoms with Crippen molar-refractivity contribution >= 4 is 11.8 Å². The van der Waals surface area contributed by atoms with Gasteiger partial charge in [0.15, 0.2) is 0 Å². The third-order valence-corrected chi connectivity index (χ3v) is 3.92. The van der Waals surface area contributed by atoms with Gasteiger partial charge in [-0.05, 0) is 36.4 Å². The molecule has 0 saturated heterocycles. The monoisotopic (exact) mass is 215 g/mol. The van der Waals surface area contributed by atoms with Crippen molar-refractivity contribution in [3.05, 3.63) is 45.9 Å². The van der Waals surface area contributed by atoms with Gasteiger partial charge in [-0.25, -0.2) is 0 Å². The second-order valence-electron chi connectivity index (χ2n) is 3.93. The van der Waals surface area contributed by atoms with Crippen LogP contribution in [0.25, 0.3) is 0 Å². The Morgan fingerprint density at radius 1 is 1.40 bits per heavy atom. The quantitative estimate of drug-likeness (QED) is 0.714. The van der Waals surface area contributed by atoms with E-state index >= 15 is 0 Å². The second kappa shape index (κ2) is 4.12. The number of nitrogens with zero attached hydrogens (tertiary/aromatic N) is 1. The van der Waals surface area contributed by atoms with Gasteiger partial charge in [0.2, 0.25) is 0 Å². The van der Waals surface area contributed by atoms with Crippen molar-refractivity contribution < 1.29 is 0 Å². The summed E-state index contributed by atoms with van der Waals surface area (Å²) in [6, 6.07) is 8.36. The van der Waals surface area contributed by atoms with Crippen LogP contribution in [0.2, 0.25) is 0 Å². The number of allylic oxidation sites excluding steroid dienone is 1. The minimum absolute atomic E-state index is 0.543. The van der Waals surface area contributed by atoms with E-state index in [9.17, 15) is 0 Å². The van der Waals surface area contributed by atoms with Gasteiger partial charge < -0.3 is 0 Å². The molecular weight excluding hydrogens is 202 g/mol. The van der Waals surface area contributed by atoms with Gasteiger partial charge in [-0.2, -0.15) is 5.26 Å². The molecule has 1 unspecified atom stereocenters. The van der Waals surface area contributed by atoms with Crippen molar-refractivity contribution in [2.75, 3.05) is 5.75 Å². The summed E-state index contributed by atoms with van der Waals surface area (Å²) < 4.78 is 0. The summed E-state index contributed by atoms with van der Waals surface area (Å²) in [7, 11) is 0. The fraction of sp³-hybridized carbons (Fsp3) is 0.308. The number of benzene rings is 1. The predicted octanol–water partition coefficient (Wildman–Crippen LogP) is 3.60. The first-order chi connectivity index (χ1) is 7.22. The van der Waals surface area contributed by atoms with Crippen LogP contribution < -0.4 is 0 Å². The molecule has 1 aliphatic heterocycles. The molecule has 1 atom stereocenters. The molecule has 1 aromatic carbocycles.